The topological polar surface area (TPSA) is 49.0 Å². The summed E-state index contributed by atoms with van der Waals surface area (Å²) < 4.78 is 0. The van der Waals surface area contributed by atoms with Gasteiger partial charge in [-0.05, 0) is 31.6 Å². The number of H-pyrrole nitrogens is 1. The van der Waals surface area contributed by atoms with E-state index in [2.05, 4.69) is 14.9 Å². The maximum atomic E-state index is 12.5. The predicted octanol–water partition coefficient (Wildman–Crippen LogP) is 3.48. The highest BCUT2D eigenvalue weighted by Gasteiger charge is 2.19. The quantitative estimate of drug-likeness (QED) is 0.925. The number of carbonyl (C=O) groups excluding carboxylic acids is 1. The molecule has 1 aromatic heterocycles. The molecular formula is C18H29N3O. The van der Waals surface area contributed by atoms with Crippen LogP contribution in [-0.2, 0) is 17.6 Å². The van der Waals surface area contributed by atoms with Gasteiger partial charge in [0.25, 0.3) is 0 Å². The summed E-state index contributed by atoms with van der Waals surface area (Å²) in [6.07, 6.45) is 14.8. The molecule has 0 spiro atoms. The molecule has 122 valence electrons. The summed E-state index contributed by atoms with van der Waals surface area (Å²) in [6, 6.07) is 0. The van der Waals surface area contributed by atoms with Gasteiger partial charge < -0.3 is 9.88 Å². The first kappa shape index (κ1) is 15.6. The minimum absolute atomic E-state index is 0.356. The number of nitrogens with one attached hydrogen (secondary N) is 1. The number of aromatic amines is 1. The highest BCUT2D eigenvalue weighted by atomic mass is 16.2. The Kier molecular flexibility index (Phi) is 5.52. The monoisotopic (exact) mass is 303 g/mol. The fraction of sp³-hybridized carbons (Fsp3) is 0.778. The lowest BCUT2D eigenvalue weighted by molar-refractivity contribution is -0.131. The van der Waals surface area contributed by atoms with Crippen LogP contribution in [0.25, 0.3) is 0 Å². The van der Waals surface area contributed by atoms with Gasteiger partial charge in [-0.15, -0.1) is 0 Å². The van der Waals surface area contributed by atoms with E-state index < -0.39 is 0 Å². The Hall–Kier alpha value is -1.32. The van der Waals surface area contributed by atoms with Crippen molar-refractivity contribution in [3.63, 3.8) is 0 Å². The zero-order chi connectivity index (χ0) is 15.2. The summed E-state index contributed by atoms with van der Waals surface area (Å²) in [4.78, 5) is 22.1. The van der Waals surface area contributed by atoms with Gasteiger partial charge in [0.05, 0.1) is 12.0 Å². The highest BCUT2D eigenvalue weighted by molar-refractivity contribution is 5.76. The van der Waals surface area contributed by atoms with Gasteiger partial charge in [0.1, 0.15) is 0 Å². The molecule has 0 saturated heterocycles. The zero-order valence-electron chi connectivity index (χ0n) is 13.6. The number of aromatic nitrogens is 2. The molecule has 2 aliphatic rings. The van der Waals surface area contributed by atoms with Crippen molar-refractivity contribution < 1.29 is 4.79 Å². The van der Waals surface area contributed by atoms with E-state index in [0.29, 0.717) is 5.91 Å². The van der Waals surface area contributed by atoms with Crippen molar-refractivity contribution in [1.82, 2.24) is 14.9 Å². The second kappa shape index (κ2) is 7.80. The number of imidazole rings is 1. The molecule has 0 radical (unpaired) electrons. The molecule has 2 heterocycles. The lowest BCUT2D eigenvalue weighted by atomic mass is 9.86. The molecular weight excluding hydrogens is 274 g/mol. The molecule has 4 nitrogen and oxygen atoms in total. The third kappa shape index (κ3) is 4.11. The third-order valence-corrected chi connectivity index (χ3v) is 5.36. The molecule has 1 fully saturated rings. The van der Waals surface area contributed by atoms with E-state index in [1.165, 1.54) is 44.2 Å². The summed E-state index contributed by atoms with van der Waals surface area (Å²) in [5.74, 6) is 1.25. The van der Waals surface area contributed by atoms with Crippen LogP contribution >= 0.6 is 0 Å². The lowest BCUT2D eigenvalue weighted by Crippen LogP contribution is -2.35. The van der Waals surface area contributed by atoms with Crippen molar-refractivity contribution in [3.05, 3.63) is 17.7 Å². The van der Waals surface area contributed by atoms with Crippen LogP contribution < -0.4 is 0 Å². The summed E-state index contributed by atoms with van der Waals surface area (Å²) >= 11 is 0. The Morgan fingerprint density at radius 3 is 2.91 bits per heavy atom. The van der Waals surface area contributed by atoms with Crippen LogP contribution in [0.2, 0.25) is 0 Å². The van der Waals surface area contributed by atoms with Crippen LogP contribution in [0.15, 0.2) is 6.33 Å². The average molecular weight is 303 g/mol. The summed E-state index contributed by atoms with van der Waals surface area (Å²) in [7, 11) is 0. The van der Waals surface area contributed by atoms with Crippen molar-refractivity contribution >= 4 is 5.91 Å². The first-order valence-electron chi connectivity index (χ1n) is 9.12. The van der Waals surface area contributed by atoms with Crippen LogP contribution in [-0.4, -0.2) is 33.9 Å². The lowest BCUT2D eigenvalue weighted by Gasteiger charge is -2.25. The smallest absolute Gasteiger partial charge is 0.222 e. The van der Waals surface area contributed by atoms with E-state index in [-0.39, 0.29) is 0 Å². The molecule has 1 aliphatic carbocycles. The normalized spacial score (nSPS) is 20.3. The molecule has 1 aromatic rings. The summed E-state index contributed by atoms with van der Waals surface area (Å²) in [6.45, 7) is 1.74. The second-order valence-electron chi connectivity index (χ2n) is 6.96. The van der Waals surface area contributed by atoms with Crippen molar-refractivity contribution in [3.8, 4) is 0 Å². The summed E-state index contributed by atoms with van der Waals surface area (Å²) in [5, 5.41) is 0. The van der Waals surface area contributed by atoms with E-state index in [1.54, 1.807) is 6.33 Å². The second-order valence-corrected chi connectivity index (χ2v) is 6.96. The van der Waals surface area contributed by atoms with Gasteiger partial charge in [-0.25, -0.2) is 4.98 Å². The van der Waals surface area contributed by atoms with Gasteiger partial charge in [-0.2, -0.15) is 0 Å². The summed E-state index contributed by atoms with van der Waals surface area (Å²) in [5.41, 5.74) is 2.42. The average Bonchev–Trinajstić information content (AvgIpc) is 2.95. The maximum Gasteiger partial charge on any atom is 0.222 e. The van der Waals surface area contributed by atoms with E-state index in [1.807, 2.05) is 0 Å². The van der Waals surface area contributed by atoms with Crippen LogP contribution in [0.4, 0.5) is 0 Å². The Balaban J connectivity index is 1.42. The molecule has 22 heavy (non-hydrogen) atoms. The number of carbonyl (C=O) groups is 1. The van der Waals surface area contributed by atoms with Gasteiger partial charge in [0, 0.05) is 31.6 Å². The molecule has 1 N–H and O–H groups in total. The third-order valence-electron chi connectivity index (χ3n) is 5.36. The molecule has 0 atom stereocenters. The van der Waals surface area contributed by atoms with E-state index >= 15 is 0 Å². The highest BCUT2D eigenvalue weighted by Crippen LogP contribution is 2.27. The number of aryl methyl sites for hydroxylation is 1. The number of fused-ring (bicyclic) bond motifs is 1. The minimum atomic E-state index is 0.356. The van der Waals surface area contributed by atoms with Gasteiger partial charge >= 0.3 is 0 Å². The minimum Gasteiger partial charge on any atom is -0.348 e. The predicted molar refractivity (Wildman–Crippen MR) is 87.6 cm³/mol. The number of rotatable bonds is 4. The molecule has 1 amide bonds. The van der Waals surface area contributed by atoms with E-state index in [0.717, 1.165) is 56.8 Å². The number of amides is 1. The van der Waals surface area contributed by atoms with Gasteiger partial charge in [-0.1, -0.05) is 32.1 Å². The number of nitrogens with zero attached hydrogens (tertiary/aromatic N) is 2. The number of hydrogen-bond donors (Lipinski definition) is 1. The Morgan fingerprint density at radius 1 is 1.18 bits per heavy atom. The SMILES string of the molecule is O=C(CCCC1CCCCC1)N1CCCc2[nH]cnc2CC1. The van der Waals surface area contributed by atoms with Crippen LogP contribution in [0.5, 0.6) is 0 Å². The molecule has 3 rings (SSSR count). The Bertz CT molecular complexity index is 476. The first-order chi connectivity index (χ1) is 10.8. The molecule has 1 aliphatic heterocycles. The van der Waals surface area contributed by atoms with Crippen molar-refractivity contribution in [1.29, 1.82) is 0 Å². The fourth-order valence-corrected chi connectivity index (χ4v) is 4.01. The van der Waals surface area contributed by atoms with Gasteiger partial charge in [0.15, 0.2) is 0 Å². The zero-order valence-corrected chi connectivity index (χ0v) is 13.6. The standard InChI is InChI=1S/C18H29N3O/c22-18(10-4-8-15-6-2-1-3-7-15)21-12-5-9-16-17(11-13-21)20-14-19-16/h14-15H,1-13H2,(H,19,20). The van der Waals surface area contributed by atoms with Crippen molar-refractivity contribution in [2.45, 2.75) is 70.6 Å². The Labute approximate surface area is 133 Å². The van der Waals surface area contributed by atoms with E-state index in [4.69, 9.17) is 0 Å². The number of hydrogen-bond acceptors (Lipinski definition) is 2. The molecule has 0 aromatic carbocycles. The van der Waals surface area contributed by atoms with Crippen LogP contribution in [0.1, 0.15) is 69.2 Å². The maximum absolute atomic E-state index is 12.5. The van der Waals surface area contributed by atoms with Gasteiger partial charge in [0.2, 0.25) is 5.91 Å². The van der Waals surface area contributed by atoms with Gasteiger partial charge in [-0.3, -0.25) is 4.79 Å². The molecule has 1 saturated carbocycles. The largest absolute Gasteiger partial charge is 0.348 e. The van der Waals surface area contributed by atoms with Crippen molar-refractivity contribution in [2.24, 2.45) is 5.92 Å². The van der Waals surface area contributed by atoms with E-state index in [9.17, 15) is 4.79 Å². The molecule has 0 unspecified atom stereocenters. The molecule has 4 heteroatoms. The molecule has 0 bridgehead atoms. The first-order valence-corrected chi connectivity index (χ1v) is 9.12. The fourth-order valence-electron chi connectivity index (χ4n) is 4.01. The van der Waals surface area contributed by atoms with Crippen LogP contribution in [0.3, 0.4) is 0 Å². The van der Waals surface area contributed by atoms with Crippen molar-refractivity contribution in [2.75, 3.05) is 13.1 Å². The Morgan fingerprint density at radius 2 is 2.05 bits per heavy atom. The van der Waals surface area contributed by atoms with Crippen LogP contribution in [0, 0.1) is 5.92 Å².